The van der Waals surface area contributed by atoms with Crippen molar-refractivity contribution >= 4 is 17.4 Å². The Hall–Kier alpha value is -3.12. The minimum Gasteiger partial charge on any atom is -0.507 e. The van der Waals surface area contributed by atoms with Crippen LogP contribution in [0.25, 0.3) is 5.76 Å². The monoisotopic (exact) mass is 465 g/mol. The zero-order chi connectivity index (χ0) is 25.0. The predicted octanol–water partition coefficient (Wildman–Crippen LogP) is 5.23. The summed E-state index contributed by atoms with van der Waals surface area (Å²) in [6.07, 6.45) is 0.00618. The molecule has 1 N–H and O–H groups in total. The van der Waals surface area contributed by atoms with Gasteiger partial charge in [-0.3, -0.25) is 9.59 Å². The number of aliphatic hydroxyl groups excluding tert-OH is 1. The van der Waals surface area contributed by atoms with Gasteiger partial charge in [0.2, 0.25) is 0 Å². The van der Waals surface area contributed by atoms with Gasteiger partial charge < -0.3 is 19.5 Å². The van der Waals surface area contributed by atoms with Crippen LogP contribution in [0.3, 0.4) is 0 Å². The van der Waals surface area contributed by atoms with Gasteiger partial charge in [0.25, 0.3) is 11.7 Å². The van der Waals surface area contributed by atoms with Crippen molar-refractivity contribution in [3.05, 3.63) is 70.8 Å². The molecule has 1 aliphatic heterocycles. The third-order valence-corrected chi connectivity index (χ3v) is 5.80. The second-order valence-electron chi connectivity index (χ2n) is 9.72. The number of aliphatic hydroxyl groups is 1. The molecule has 0 spiro atoms. The van der Waals surface area contributed by atoms with Crippen LogP contribution in [0, 0.1) is 0 Å². The highest BCUT2D eigenvalue weighted by molar-refractivity contribution is 6.46. The second-order valence-corrected chi connectivity index (χ2v) is 9.72. The molecule has 182 valence electrons. The Balaban J connectivity index is 2.13. The highest BCUT2D eigenvalue weighted by atomic mass is 16.5. The van der Waals surface area contributed by atoms with Gasteiger partial charge >= 0.3 is 0 Å². The molecule has 0 aromatic heterocycles. The summed E-state index contributed by atoms with van der Waals surface area (Å²) in [7, 11) is 0. The number of benzene rings is 2. The smallest absolute Gasteiger partial charge is 0.295 e. The van der Waals surface area contributed by atoms with Crippen LogP contribution in [0.4, 0.5) is 0 Å². The normalized spacial score (nSPS) is 18.1. The summed E-state index contributed by atoms with van der Waals surface area (Å²) >= 11 is 0. The number of nitrogens with zero attached hydrogens (tertiary/aromatic N) is 1. The van der Waals surface area contributed by atoms with Crippen LogP contribution in [-0.4, -0.2) is 47.6 Å². The van der Waals surface area contributed by atoms with Gasteiger partial charge in [0.1, 0.15) is 11.5 Å². The zero-order valence-electron chi connectivity index (χ0n) is 20.9. The lowest BCUT2D eigenvalue weighted by molar-refractivity contribution is -0.140. The SMILES string of the molecule is CCOc1ccc(/C(O)=C2/C(=O)C(=O)N(CCOC(C)C)C2c2ccccc2)cc1C(C)(C)C. The Morgan fingerprint density at radius 1 is 1.09 bits per heavy atom. The van der Waals surface area contributed by atoms with Gasteiger partial charge in [-0.1, -0.05) is 51.1 Å². The molecule has 6 nitrogen and oxygen atoms in total. The van der Waals surface area contributed by atoms with Crippen molar-refractivity contribution in [3.63, 3.8) is 0 Å². The van der Waals surface area contributed by atoms with Crippen LogP contribution < -0.4 is 4.74 Å². The first-order valence-corrected chi connectivity index (χ1v) is 11.8. The number of hydrogen-bond donors (Lipinski definition) is 1. The maximum atomic E-state index is 13.2. The molecule has 3 rings (SSSR count). The first kappa shape index (κ1) is 25.5. The number of rotatable bonds is 8. The van der Waals surface area contributed by atoms with Gasteiger partial charge in [0, 0.05) is 17.7 Å². The molecule has 1 heterocycles. The third-order valence-electron chi connectivity index (χ3n) is 5.80. The van der Waals surface area contributed by atoms with Crippen LogP contribution in [0.15, 0.2) is 54.1 Å². The van der Waals surface area contributed by atoms with E-state index in [0.717, 1.165) is 16.9 Å². The maximum absolute atomic E-state index is 13.2. The van der Waals surface area contributed by atoms with Gasteiger partial charge in [-0.15, -0.1) is 0 Å². The minimum atomic E-state index is -0.693. The standard InChI is InChI=1S/C28H35NO5/c1-7-33-22-14-13-20(17-21(22)28(4,5)6)25(30)23-24(19-11-9-8-10-12-19)29(27(32)26(23)31)15-16-34-18(2)3/h8-14,17-18,24,30H,7,15-16H2,1-6H3/b25-23-. The van der Waals surface area contributed by atoms with E-state index in [1.54, 1.807) is 6.07 Å². The molecule has 34 heavy (non-hydrogen) atoms. The van der Waals surface area contributed by atoms with Crippen molar-refractivity contribution in [2.24, 2.45) is 0 Å². The molecule has 1 unspecified atom stereocenters. The molecule has 1 aliphatic rings. The van der Waals surface area contributed by atoms with E-state index in [1.807, 2.05) is 63.2 Å². The quantitative estimate of drug-likeness (QED) is 0.328. The lowest BCUT2D eigenvalue weighted by Crippen LogP contribution is -2.33. The highest BCUT2D eigenvalue weighted by Crippen LogP contribution is 2.40. The van der Waals surface area contributed by atoms with Crippen molar-refractivity contribution in [1.82, 2.24) is 4.90 Å². The van der Waals surface area contributed by atoms with Crippen LogP contribution in [0.1, 0.15) is 64.3 Å². The molecule has 0 aliphatic carbocycles. The fraction of sp³-hybridized carbons (Fsp3) is 0.429. The van der Waals surface area contributed by atoms with E-state index in [2.05, 4.69) is 20.8 Å². The Morgan fingerprint density at radius 3 is 2.35 bits per heavy atom. The first-order valence-electron chi connectivity index (χ1n) is 11.8. The van der Waals surface area contributed by atoms with E-state index in [0.29, 0.717) is 18.8 Å². The van der Waals surface area contributed by atoms with Crippen molar-refractivity contribution in [2.45, 2.75) is 59.1 Å². The van der Waals surface area contributed by atoms with Gasteiger partial charge in [-0.25, -0.2) is 0 Å². The topological polar surface area (TPSA) is 76.1 Å². The Labute approximate surface area is 202 Å². The van der Waals surface area contributed by atoms with Crippen LogP contribution in [0.2, 0.25) is 0 Å². The van der Waals surface area contributed by atoms with Gasteiger partial charge in [0.05, 0.1) is 30.9 Å². The van der Waals surface area contributed by atoms with E-state index in [9.17, 15) is 14.7 Å². The van der Waals surface area contributed by atoms with Gasteiger partial charge in [-0.05, 0) is 49.9 Å². The number of Topliss-reactive ketones (excluding diaryl/α,β-unsaturated/α-hetero) is 1. The maximum Gasteiger partial charge on any atom is 0.295 e. The summed E-state index contributed by atoms with van der Waals surface area (Å²) in [4.78, 5) is 27.7. The fourth-order valence-electron chi connectivity index (χ4n) is 4.18. The van der Waals surface area contributed by atoms with E-state index in [1.165, 1.54) is 4.90 Å². The van der Waals surface area contributed by atoms with Crippen molar-refractivity contribution < 1.29 is 24.2 Å². The summed E-state index contributed by atoms with van der Waals surface area (Å²) < 4.78 is 11.4. The summed E-state index contributed by atoms with van der Waals surface area (Å²) in [5.74, 6) is -0.780. The van der Waals surface area contributed by atoms with Crippen LogP contribution >= 0.6 is 0 Å². The van der Waals surface area contributed by atoms with Crippen molar-refractivity contribution in [1.29, 1.82) is 0 Å². The fourth-order valence-corrected chi connectivity index (χ4v) is 4.18. The molecule has 1 amide bonds. The van der Waals surface area contributed by atoms with E-state index >= 15 is 0 Å². The van der Waals surface area contributed by atoms with E-state index in [-0.39, 0.29) is 29.4 Å². The first-order chi connectivity index (χ1) is 16.1. The zero-order valence-corrected chi connectivity index (χ0v) is 20.9. The van der Waals surface area contributed by atoms with E-state index in [4.69, 9.17) is 9.47 Å². The summed E-state index contributed by atoms with van der Waals surface area (Å²) in [6.45, 7) is 13.0. The summed E-state index contributed by atoms with van der Waals surface area (Å²) in [5, 5.41) is 11.4. The van der Waals surface area contributed by atoms with Crippen molar-refractivity contribution in [2.75, 3.05) is 19.8 Å². The van der Waals surface area contributed by atoms with Gasteiger partial charge in [0.15, 0.2) is 0 Å². The molecule has 1 atom stereocenters. The number of carbonyl (C=O) groups excluding carboxylic acids is 2. The molecular weight excluding hydrogens is 430 g/mol. The van der Waals surface area contributed by atoms with Crippen LogP contribution in [-0.2, 0) is 19.7 Å². The minimum absolute atomic E-state index is 0.00618. The molecule has 0 saturated carbocycles. The molecule has 2 aromatic carbocycles. The third kappa shape index (κ3) is 5.33. The molecule has 2 aromatic rings. The largest absolute Gasteiger partial charge is 0.507 e. The highest BCUT2D eigenvalue weighted by Gasteiger charge is 2.46. The Kier molecular flexibility index (Phi) is 7.82. The molecular formula is C28H35NO5. The second kappa shape index (κ2) is 10.4. The van der Waals surface area contributed by atoms with E-state index < -0.39 is 17.7 Å². The van der Waals surface area contributed by atoms with Gasteiger partial charge in [-0.2, -0.15) is 0 Å². The number of ether oxygens (including phenoxy) is 2. The lowest BCUT2D eigenvalue weighted by Gasteiger charge is -2.26. The summed E-state index contributed by atoms with van der Waals surface area (Å²) in [6, 6.07) is 14.0. The number of ketones is 1. The molecule has 1 fully saturated rings. The molecule has 0 radical (unpaired) electrons. The van der Waals surface area contributed by atoms with Crippen LogP contribution in [0.5, 0.6) is 5.75 Å². The molecule has 1 saturated heterocycles. The number of likely N-dealkylation sites (tertiary alicyclic amines) is 1. The van der Waals surface area contributed by atoms with Crippen molar-refractivity contribution in [3.8, 4) is 5.75 Å². The number of amides is 1. The summed E-state index contributed by atoms with van der Waals surface area (Å²) in [5.41, 5.74) is 1.99. The lowest BCUT2D eigenvalue weighted by atomic mass is 9.84. The average molecular weight is 466 g/mol. The number of hydrogen-bond acceptors (Lipinski definition) is 5. The Bertz CT molecular complexity index is 1070. The Morgan fingerprint density at radius 2 is 1.76 bits per heavy atom. The number of carbonyl (C=O) groups is 2. The average Bonchev–Trinajstić information content (AvgIpc) is 3.04. The predicted molar refractivity (Wildman–Crippen MR) is 133 cm³/mol. The molecule has 0 bridgehead atoms. The molecule has 6 heteroatoms.